The number of ether oxygens (including phenoxy) is 2. The second kappa shape index (κ2) is 11.5. The number of benzene rings is 1. The van der Waals surface area contributed by atoms with Crippen molar-refractivity contribution in [1.82, 2.24) is 19.4 Å². The average Bonchev–Trinajstić information content (AvgIpc) is 2.96. The number of primary amides is 1. The highest BCUT2D eigenvalue weighted by molar-refractivity contribution is 5.84. The fourth-order valence-corrected chi connectivity index (χ4v) is 5.55. The topological polar surface area (TPSA) is 154 Å². The summed E-state index contributed by atoms with van der Waals surface area (Å²) in [5.74, 6) is 0.508. The Morgan fingerprint density at radius 3 is 2.62 bits per heavy atom. The molecular weight excluding hydrogens is 500 g/mol. The van der Waals surface area contributed by atoms with E-state index >= 15 is 0 Å². The fourth-order valence-electron chi connectivity index (χ4n) is 5.55. The summed E-state index contributed by atoms with van der Waals surface area (Å²) in [5.41, 5.74) is 13.5. The SMILES string of the molecule is CCn1c(N)c(CC(N)=O)c(=O)c2cnc(Nc3ccc(N4CCC(N5CCOCC5)CC4)cc3OC)nc21. The van der Waals surface area contributed by atoms with Crippen LogP contribution in [0.3, 0.4) is 0 Å². The zero-order valence-corrected chi connectivity index (χ0v) is 22.5. The van der Waals surface area contributed by atoms with Crippen molar-refractivity contribution in [2.75, 3.05) is 62.5 Å². The number of rotatable bonds is 8. The molecule has 5 N–H and O–H groups in total. The number of nitrogen functional groups attached to an aromatic ring is 1. The summed E-state index contributed by atoms with van der Waals surface area (Å²) in [6.45, 7) is 8.00. The number of methoxy groups -OCH3 is 1. The average molecular weight is 537 g/mol. The molecule has 2 saturated heterocycles. The van der Waals surface area contributed by atoms with E-state index in [9.17, 15) is 9.59 Å². The van der Waals surface area contributed by atoms with E-state index in [2.05, 4.69) is 31.2 Å². The summed E-state index contributed by atoms with van der Waals surface area (Å²) in [5, 5.41) is 3.49. The van der Waals surface area contributed by atoms with Crippen molar-refractivity contribution < 1.29 is 14.3 Å². The van der Waals surface area contributed by atoms with Crippen LogP contribution < -0.4 is 31.8 Å². The smallest absolute Gasteiger partial charge is 0.229 e. The van der Waals surface area contributed by atoms with Crippen LogP contribution in [0.4, 0.5) is 23.1 Å². The lowest BCUT2D eigenvalue weighted by Gasteiger charge is -2.40. The number of amides is 1. The van der Waals surface area contributed by atoms with Crippen LogP contribution in [0.5, 0.6) is 5.75 Å². The van der Waals surface area contributed by atoms with Gasteiger partial charge in [-0.15, -0.1) is 0 Å². The van der Waals surface area contributed by atoms with E-state index in [1.54, 1.807) is 11.7 Å². The van der Waals surface area contributed by atoms with Gasteiger partial charge >= 0.3 is 0 Å². The van der Waals surface area contributed by atoms with Crippen LogP contribution >= 0.6 is 0 Å². The highest BCUT2D eigenvalue weighted by Gasteiger charge is 2.26. The van der Waals surface area contributed by atoms with Crippen molar-refractivity contribution in [3.8, 4) is 5.75 Å². The maximum absolute atomic E-state index is 13.0. The highest BCUT2D eigenvalue weighted by atomic mass is 16.5. The Labute approximate surface area is 226 Å². The van der Waals surface area contributed by atoms with Crippen LogP contribution in [0, 0.1) is 0 Å². The molecule has 0 atom stereocenters. The number of piperidine rings is 1. The molecule has 0 saturated carbocycles. The van der Waals surface area contributed by atoms with Crippen LogP contribution in [-0.4, -0.2) is 77.9 Å². The Morgan fingerprint density at radius 2 is 1.95 bits per heavy atom. The lowest BCUT2D eigenvalue weighted by molar-refractivity contribution is -0.117. The quantitative estimate of drug-likeness (QED) is 0.386. The first-order valence-electron chi connectivity index (χ1n) is 13.4. The number of pyridine rings is 1. The fraction of sp³-hybridized carbons (Fsp3) is 0.481. The first kappa shape index (κ1) is 26.7. The minimum absolute atomic E-state index is 0.160. The van der Waals surface area contributed by atoms with Crippen LogP contribution in [0.1, 0.15) is 25.3 Å². The van der Waals surface area contributed by atoms with Gasteiger partial charge in [-0.05, 0) is 31.9 Å². The number of nitrogens with one attached hydrogen (secondary N) is 1. The van der Waals surface area contributed by atoms with Gasteiger partial charge in [-0.25, -0.2) is 4.98 Å². The van der Waals surface area contributed by atoms with Crippen LogP contribution in [0.2, 0.25) is 0 Å². The predicted molar refractivity (Wildman–Crippen MR) is 151 cm³/mol. The Bertz CT molecular complexity index is 1410. The third-order valence-corrected chi connectivity index (χ3v) is 7.63. The van der Waals surface area contributed by atoms with E-state index in [4.69, 9.17) is 20.9 Å². The molecule has 0 bridgehead atoms. The normalized spacial score (nSPS) is 16.9. The van der Waals surface area contributed by atoms with Gasteiger partial charge in [0.15, 0.2) is 11.1 Å². The number of morpholine rings is 1. The number of anilines is 4. The number of aryl methyl sites for hydroxylation is 1. The number of fused-ring (bicyclic) bond motifs is 1. The molecule has 5 rings (SSSR count). The zero-order valence-electron chi connectivity index (χ0n) is 22.5. The number of hydrogen-bond donors (Lipinski definition) is 3. The van der Waals surface area contributed by atoms with E-state index in [1.165, 1.54) is 6.20 Å². The van der Waals surface area contributed by atoms with Crippen LogP contribution in [0.15, 0.2) is 29.2 Å². The molecule has 1 amide bonds. The van der Waals surface area contributed by atoms with Crippen molar-refractivity contribution in [2.24, 2.45) is 5.73 Å². The molecule has 2 aliphatic rings. The summed E-state index contributed by atoms with van der Waals surface area (Å²) >= 11 is 0. The Morgan fingerprint density at radius 1 is 1.21 bits per heavy atom. The molecule has 2 aliphatic heterocycles. The molecule has 2 aromatic heterocycles. The van der Waals surface area contributed by atoms with E-state index in [0.717, 1.165) is 57.9 Å². The molecule has 12 nitrogen and oxygen atoms in total. The molecule has 4 heterocycles. The monoisotopic (exact) mass is 536 g/mol. The largest absolute Gasteiger partial charge is 0.494 e. The Hall–Kier alpha value is -3.90. The van der Waals surface area contributed by atoms with Crippen molar-refractivity contribution in [3.05, 3.63) is 40.2 Å². The Kier molecular flexibility index (Phi) is 7.84. The molecule has 0 aliphatic carbocycles. The summed E-state index contributed by atoms with van der Waals surface area (Å²) in [6, 6.07) is 6.65. The van der Waals surface area contributed by atoms with Gasteiger partial charge in [-0.2, -0.15) is 4.98 Å². The third-order valence-electron chi connectivity index (χ3n) is 7.63. The standard InChI is InChI=1S/C27H36N8O4/c1-3-35-25(29)19(15-23(28)36)24(37)20-16-30-27(32-26(20)35)31-21-5-4-18(14-22(21)38-2)33-8-6-17(7-9-33)34-10-12-39-13-11-34/h4-5,14,16-17H,3,6-13,15,29H2,1-2H3,(H2,28,36)(H,30,31,32). The first-order chi connectivity index (χ1) is 18.9. The van der Waals surface area contributed by atoms with Gasteiger partial charge < -0.3 is 35.7 Å². The van der Waals surface area contributed by atoms with Crippen LogP contribution in [-0.2, 0) is 22.5 Å². The first-order valence-corrected chi connectivity index (χ1v) is 13.4. The van der Waals surface area contributed by atoms with E-state index < -0.39 is 11.3 Å². The van der Waals surface area contributed by atoms with Gasteiger partial charge in [-0.1, -0.05) is 0 Å². The van der Waals surface area contributed by atoms with E-state index in [1.807, 2.05) is 19.1 Å². The molecule has 0 radical (unpaired) electrons. The molecule has 208 valence electrons. The minimum atomic E-state index is -0.628. The highest BCUT2D eigenvalue weighted by Crippen LogP contribution is 2.33. The molecule has 0 unspecified atom stereocenters. The third kappa shape index (κ3) is 5.48. The van der Waals surface area contributed by atoms with Crippen molar-refractivity contribution in [3.63, 3.8) is 0 Å². The second-order valence-corrected chi connectivity index (χ2v) is 9.89. The molecule has 12 heteroatoms. The van der Waals surface area contributed by atoms with E-state index in [0.29, 0.717) is 35.6 Å². The summed E-state index contributed by atoms with van der Waals surface area (Å²) in [6.07, 6.45) is 3.45. The summed E-state index contributed by atoms with van der Waals surface area (Å²) < 4.78 is 12.9. The predicted octanol–water partition coefficient (Wildman–Crippen LogP) is 1.47. The number of hydrogen-bond acceptors (Lipinski definition) is 10. The summed E-state index contributed by atoms with van der Waals surface area (Å²) in [7, 11) is 1.63. The lowest BCUT2D eigenvalue weighted by atomic mass is 10.0. The van der Waals surface area contributed by atoms with Crippen LogP contribution in [0.25, 0.3) is 11.0 Å². The van der Waals surface area contributed by atoms with Gasteiger partial charge in [-0.3, -0.25) is 14.5 Å². The van der Waals surface area contributed by atoms with Crippen molar-refractivity contribution in [1.29, 1.82) is 0 Å². The summed E-state index contributed by atoms with van der Waals surface area (Å²) in [4.78, 5) is 38.4. The second-order valence-electron chi connectivity index (χ2n) is 9.89. The van der Waals surface area contributed by atoms with Crippen molar-refractivity contribution in [2.45, 2.75) is 38.8 Å². The molecule has 1 aromatic carbocycles. The maximum Gasteiger partial charge on any atom is 0.229 e. The molecule has 0 spiro atoms. The number of carbonyl (C=O) groups excluding carboxylic acids is 1. The number of nitrogens with two attached hydrogens (primary N) is 2. The zero-order chi connectivity index (χ0) is 27.5. The van der Waals surface area contributed by atoms with Gasteiger partial charge in [0, 0.05) is 62.3 Å². The number of aromatic nitrogens is 3. The maximum atomic E-state index is 13.0. The van der Waals surface area contributed by atoms with Gasteiger partial charge in [0.25, 0.3) is 0 Å². The Balaban J connectivity index is 1.36. The van der Waals surface area contributed by atoms with Gasteiger partial charge in [0.1, 0.15) is 11.6 Å². The van der Waals surface area contributed by atoms with Gasteiger partial charge in [0.05, 0.1) is 37.8 Å². The molecule has 3 aromatic rings. The van der Waals surface area contributed by atoms with Gasteiger partial charge in [0.2, 0.25) is 11.9 Å². The van der Waals surface area contributed by atoms with E-state index in [-0.39, 0.29) is 23.2 Å². The lowest BCUT2D eigenvalue weighted by Crippen LogP contribution is -2.49. The number of carbonyl (C=O) groups is 1. The van der Waals surface area contributed by atoms with Crippen molar-refractivity contribution >= 4 is 40.1 Å². The number of nitrogens with zero attached hydrogens (tertiary/aromatic N) is 5. The molecule has 39 heavy (non-hydrogen) atoms. The minimum Gasteiger partial charge on any atom is -0.494 e. The molecular formula is C27H36N8O4. The molecule has 2 fully saturated rings.